The highest BCUT2D eigenvalue weighted by atomic mass is 19.1. The van der Waals surface area contributed by atoms with E-state index in [1.807, 2.05) is 0 Å². The molecule has 1 aromatic carbocycles. The first kappa shape index (κ1) is 9.40. The summed E-state index contributed by atoms with van der Waals surface area (Å²) in [5.41, 5.74) is 0. The van der Waals surface area contributed by atoms with Gasteiger partial charge in [-0.25, -0.2) is 8.78 Å². The SMILES string of the molecule is Fc1cc(F)cc(O[C@@H]2CCNC2)c1. The molecule has 0 unspecified atom stereocenters. The summed E-state index contributed by atoms with van der Waals surface area (Å²) in [4.78, 5) is 0. The van der Waals surface area contributed by atoms with E-state index < -0.39 is 11.6 Å². The van der Waals surface area contributed by atoms with Crippen LogP contribution in [0.15, 0.2) is 18.2 Å². The van der Waals surface area contributed by atoms with Crippen molar-refractivity contribution in [2.24, 2.45) is 0 Å². The molecule has 1 heterocycles. The Kier molecular flexibility index (Phi) is 2.63. The highest BCUT2D eigenvalue weighted by molar-refractivity contribution is 5.24. The van der Waals surface area contributed by atoms with Gasteiger partial charge in [0.25, 0.3) is 0 Å². The summed E-state index contributed by atoms with van der Waals surface area (Å²) in [6.07, 6.45) is 0.897. The molecule has 76 valence electrons. The number of benzene rings is 1. The number of ether oxygens (including phenoxy) is 1. The topological polar surface area (TPSA) is 21.3 Å². The van der Waals surface area contributed by atoms with Gasteiger partial charge in [0.15, 0.2) is 0 Å². The van der Waals surface area contributed by atoms with Gasteiger partial charge in [0.2, 0.25) is 0 Å². The van der Waals surface area contributed by atoms with Crippen molar-refractivity contribution in [3.8, 4) is 5.75 Å². The van der Waals surface area contributed by atoms with E-state index in [1.165, 1.54) is 12.1 Å². The van der Waals surface area contributed by atoms with Gasteiger partial charge in [0.1, 0.15) is 23.5 Å². The fourth-order valence-electron chi connectivity index (χ4n) is 1.52. The Labute approximate surface area is 80.9 Å². The predicted octanol–water partition coefficient (Wildman–Crippen LogP) is 1.71. The first-order chi connectivity index (χ1) is 6.74. The summed E-state index contributed by atoms with van der Waals surface area (Å²) < 4.78 is 30.9. The molecular formula is C10H11F2NO. The minimum atomic E-state index is -0.606. The average Bonchev–Trinajstić information content (AvgIpc) is 2.54. The maximum Gasteiger partial charge on any atom is 0.129 e. The number of hydrogen-bond acceptors (Lipinski definition) is 2. The fourth-order valence-corrected chi connectivity index (χ4v) is 1.52. The molecule has 0 spiro atoms. The summed E-state index contributed by atoms with van der Waals surface area (Å²) in [6, 6.07) is 3.22. The lowest BCUT2D eigenvalue weighted by molar-refractivity contribution is 0.221. The van der Waals surface area contributed by atoms with Crippen LogP contribution in [0.5, 0.6) is 5.75 Å². The minimum Gasteiger partial charge on any atom is -0.489 e. The van der Waals surface area contributed by atoms with E-state index in [0.29, 0.717) is 0 Å². The molecular weight excluding hydrogens is 188 g/mol. The molecule has 4 heteroatoms. The van der Waals surface area contributed by atoms with Gasteiger partial charge in [0, 0.05) is 24.7 Å². The van der Waals surface area contributed by atoms with Gasteiger partial charge in [-0.2, -0.15) is 0 Å². The van der Waals surface area contributed by atoms with Gasteiger partial charge in [-0.15, -0.1) is 0 Å². The Bertz CT molecular complexity index is 304. The fraction of sp³-hybridized carbons (Fsp3) is 0.400. The maximum atomic E-state index is 12.8. The molecule has 0 amide bonds. The van der Waals surface area contributed by atoms with Gasteiger partial charge < -0.3 is 10.1 Å². The van der Waals surface area contributed by atoms with E-state index in [-0.39, 0.29) is 11.9 Å². The molecule has 2 nitrogen and oxygen atoms in total. The molecule has 0 bridgehead atoms. The molecule has 1 N–H and O–H groups in total. The van der Waals surface area contributed by atoms with Gasteiger partial charge in [0.05, 0.1) is 0 Å². The highest BCUT2D eigenvalue weighted by Crippen LogP contribution is 2.18. The van der Waals surface area contributed by atoms with Crippen molar-refractivity contribution in [1.82, 2.24) is 5.32 Å². The van der Waals surface area contributed by atoms with Crippen LogP contribution in [0.4, 0.5) is 8.78 Å². The number of nitrogens with one attached hydrogen (secondary N) is 1. The zero-order valence-electron chi connectivity index (χ0n) is 7.59. The Morgan fingerprint density at radius 1 is 1.21 bits per heavy atom. The van der Waals surface area contributed by atoms with Crippen molar-refractivity contribution in [2.45, 2.75) is 12.5 Å². The van der Waals surface area contributed by atoms with Crippen LogP contribution in [0, 0.1) is 11.6 Å². The second-order valence-electron chi connectivity index (χ2n) is 3.34. The Hall–Kier alpha value is -1.16. The van der Waals surface area contributed by atoms with E-state index in [4.69, 9.17) is 4.74 Å². The smallest absolute Gasteiger partial charge is 0.129 e. The summed E-state index contributed by atoms with van der Waals surface area (Å²) >= 11 is 0. The molecule has 1 aliphatic heterocycles. The molecule has 0 aromatic heterocycles. The van der Waals surface area contributed by atoms with E-state index >= 15 is 0 Å². The van der Waals surface area contributed by atoms with Crippen LogP contribution < -0.4 is 10.1 Å². The van der Waals surface area contributed by atoms with Crippen LogP contribution in [0.2, 0.25) is 0 Å². The molecule has 0 radical (unpaired) electrons. The number of rotatable bonds is 2. The molecule has 1 atom stereocenters. The Balaban J connectivity index is 2.07. The van der Waals surface area contributed by atoms with E-state index in [1.54, 1.807) is 0 Å². The largest absolute Gasteiger partial charge is 0.489 e. The summed E-state index contributed by atoms with van der Waals surface area (Å²) in [7, 11) is 0. The molecule has 0 saturated carbocycles. The van der Waals surface area contributed by atoms with Crippen molar-refractivity contribution in [3.05, 3.63) is 29.8 Å². The summed E-state index contributed by atoms with van der Waals surface area (Å²) in [5, 5.41) is 3.11. The van der Waals surface area contributed by atoms with E-state index in [0.717, 1.165) is 25.6 Å². The predicted molar refractivity (Wildman–Crippen MR) is 48.3 cm³/mol. The maximum absolute atomic E-state index is 12.8. The monoisotopic (exact) mass is 199 g/mol. The zero-order chi connectivity index (χ0) is 9.97. The van der Waals surface area contributed by atoms with Crippen LogP contribution >= 0.6 is 0 Å². The van der Waals surface area contributed by atoms with Crippen molar-refractivity contribution in [3.63, 3.8) is 0 Å². The lowest BCUT2D eigenvalue weighted by atomic mass is 10.3. The highest BCUT2D eigenvalue weighted by Gasteiger charge is 2.16. The van der Waals surface area contributed by atoms with Gasteiger partial charge in [-0.05, 0) is 13.0 Å². The Morgan fingerprint density at radius 2 is 1.93 bits per heavy atom. The van der Waals surface area contributed by atoms with Crippen molar-refractivity contribution >= 4 is 0 Å². The molecule has 0 aliphatic carbocycles. The summed E-state index contributed by atoms with van der Waals surface area (Å²) in [5.74, 6) is -0.951. The van der Waals surface area contributed by atoms with Crippen LogP contribution in [0.3, 0.4) is 0 Å². The van der Waals surface area contributed by atoms with Crippen LogP contribution in [-0.2, 0) is 0 Å². The normalized spacial score (nSPS) is 21.1. The van der Waals surface area contributed by atoms with Crippen LogP contribution in [0.1, 0.15) is 6.42 Å². The second-order valence-corrected chi connectivity index (χ2v) is 3.34. The summed E-state index contributed by atoms with van der Waals surface area (Å²) in [6.45, 7) is 1.63. The molecule has 1 saturated heterocycles. The second kappa shape index (κ2) is 3.92. The molecule has 2 rings (SSSR count). The Morgan fingerprint density at radius 3 is 2.50 bits per heavy atom. The lowest BCUT2D eigenvalue weighted by Crippen LogP contribution is -2.19. The third kappa shape index (κ3) is 2.20. The van der Waals surface area contributed by atoms with Gasteiger partial charge >= 0.3 is 0 Å². The van der Waals surface area contributed by atoms with Gasteiger partial charge in [-0.3, -0.25) is 0 Å². The lowest BCUT2D eigenvalue weighted by Gasteiger charge is -2.12. The minimum absolute atomic E-state index is 0.0243. The first-order valence-electron chi connectivity index (χ1n) is 4.57. The van der Waals surface area contributed by atoms with E-state index in [9.17, 15) is 8.78 Å². The molecule has 1 aliphatic rings. The third-order valence-corrected chi connectivity index (χ3v) is 2.15. The zero-order valence-corrected chi connectivity index (χ0v) is 7.59. The number of hydrogen-bond donors (Lipinski definition) is 1. The van der Waals surface area contributed by atoms with Crippen molar-refractivity contribution < 1.29 is 13.5 Å². The molecule has 1 aromatic rings. The average molecular weight is 199 g/mol. The first-order valence-corrected chi connectivity index (χ1v) is 4.57. The van der Waals surface area contributed by atoms with Gasteiger partial charge in [-0.1, -0.05) is 0 Å². The van der Waals surface area contributed by atoms with Crippen LogP contribution in [0.25, 0.3) is 0 Å². The number of halogens is 2. The third-order valence-electron chi connectivity index (χ3n) is 2.15. The molecule has 14 heavy (non-hydrogen) atoms. The quantitative estimate of drug-likeness (QED) is 0.782. The van der Waals surface area contributed by atoms with E-state index in [2.05, 4.69) is 5.32 Å². The van der Waals surface area contributed by atoms with Crippen molar-refractivity contribution in [2.75, 3.05) is 13.1 Å². The van der Waals surface area contributed by atoms with Crippen molar-refractivity contribution in [1.29, 1.82) is 0 Å². The van der Waals surface area contributed by atoms with Crippen LogP contribution in [-0.4, -0.2) is 19.2 Å². The molecule has 1 fully saturated rings. The standard InChI is InChI=1S/C10H11F2NO/c11-7-3-8(12)5-10(4-7)14-9-1-2-13-6-9/h3-5,9,13H,1-2,6H2/t9-/m1/s1.